The molecule has 0 radical (unpaired) electrons. The lowest BCUT2D eigenvalue weighted by atomic mass is 9.95. The summed E-state index contributed by atoms with van der Waals surface area (Å²) in [5.41, 5.74) is 5.89. The van der Waals surface area contributed by atoms with Gasteiger partial charge in [-0.05, 0) is 47.9 Å². The highest BCUT2D eigenvalue weighted by Crippen LogP contribution is 2.32. The van der Waals surface area contributed by atoms with E-state index in [4.69, 9.17) is 33.8 Å². The van der Waals surface area contributed by atoms with E-state index in [-0.39, 0.29) is 6.04 Å². The lowest BCUT2D eigenvalue weighted by molar-refractivity contribution is 0.414. The minimum atomic E-state index is -0.181. The van der Waals surface area contributed by atoms with E-state index >= 15 is 0 Å². The van der Waals surface area contributed by atoms with Crippen LogP contribution >= 0.6 is 23.2 Å². The van der Waals surface area contributed by atoms with Crippen LogP contribution in [0.4, 0.5) is 0 Å². The van der Waals surface area contributed by atoms with Gasteiger partial charge < -0.3 is 4.74 Å². The fourth-order valence-electron chi connectivity index (χ4n) is 2.14. The Morgan fingerprint density at radius 1 is 1.15 bits per heavy atom. The molecule has 0 bridgehead atoms. The van der Waals surface area contributed by atoms with E-state index in [9.17, 15) is 0 Å². The Bertz CT molecular complexity index is 617. The van der Waals surface area contributed by atoms with E-state index < -0.39 is 0 Å². The normalized spacial score (nSPS) is 12.2. The zero-order valence-electron chi connectivity index (χ0n) is 11.3. The van der Waals surface area contributed by atoms with Crippen molar-refractivity contribution in [3.63, 3.8) is 0 Å². The molecule has 1 unspecified atom stereocenters. The molecule has 0 saturated carbocycles. The molecular weight excluding hydrogens is 295 g/mol. The second-order valence-corrected chi connectivity index (χ2v) is 5.34. The van der Waals surface area contributed by atoms with Crippen molar-refractivity contribution in [3.8, 4) is 5.75 Å². The molecule has 106 valence electrons. The Balaban J connectivity index is 2.49. The summed E-state index contributed by atoms with van der Waals surface area (Å²) in [4.78, 5) is 0. The van der Waals surface area contributed by atoms with Gasteiger partial charge in [0, 0.05) is 5.02 Å². The third-order valence-electron chi connectivity index (χ3n) is 3.23. The van der Waals surface area contributed by atoms with Crippen LogP contribution in [0.5, 0.6) is 5.75 Å². The van der Waals surface area contributed by atoms with E-state index in [1.54, 1.807) is 13.2 Å². The molecule has 2 rings (SSSR count). The fourth-order valence-corrected chi connectivity index (χ4v) is 2.52. The van der Waals surface area contributed by atoms with Gasteiger partial charge in [0.15, 0.2) is 0 Å². The van der Waals surface area contributed by atoms with Crippen LogP contribution in [0.15, 0.2) is 36.4 Å². The van der Waals surface area contributed by atoms with E-state index in [1.807, 2.05) is 37.3 Å². The fraction of sp³-hybridized carbons (Fsp3) is 0.200. The third-order valence-corrected chi connectivity index (χ3v) is 3.77. The van der Waals surface area contributed by atoms with Crippen molar-refractivity contribution < 1.29 is 4.74 Å². The lowest BCUT2D eigenvalue weighted by Crippen LogP contribution is -2.29. The minimum absolute atomic E-state index is 0.181. The van der Waals surface area contributed by atoms with Crippen LogP contribution in [0.1, 0.15) is 22.7 Å². The van der Waals surface area contributed by atoms with Crippen LogP contribution in [-0.2, 0) is 0 Å². The Kier molecular flexibility index (Phi) is 4.89. The maximum absolute atomic E-state index is 6.07. The summed E-state index contributed by atoms with van der Waals surface area (Å²) in [5, 5.41) is 1.24. The molecule has 0 aliphatic carbocycles. The SMILES string of the molecule is COc1cc(C(NN)c2cc(Cl)ccc2C)ccc1Cl. The van der Waals surface area contributed by atoms with Crippen molar-refractivity contribution in [1.29, 1.82) is 0 Å². The average molecular weight is 311 g/mol. The van der Waals surface area contributed by atoms with E-state index in [0.29, 0.717) is 15.8 Å². The number of hydrogen-bond donors (Lipinski definition) is 2. The maximum Gasteiger partial charge on any atom is 0.137 e. The molecular formula is C15H16Cl2N2O. The van der Waals surface area contributed by atoms with Crippen molar-refractivity contribution in [2.45, 2.75) is 13.0 Å². The number of ether oxygens (including phenoxy) is 1. The minimum Gasteiger partial charge on any atom is -0.495 e. The van der Waals surface area contributed by atoms with E-state index in [0.717, 1.165) is 16.7 Å². The molecule has 3 N–H and O–H groups in total. The molecule has 20 heavy (non-hydrogen) atoms. The molecule has 5 heteroatoms. The molecule has 0 aliphatic rings. The highest BCUT2D eigenvalue weighted by Gasteiger charge is 2.16. The van der Waals surface area contributed by atoms with Crippen LogP contribution in [0, 0.1) is 6.92 Å². The quantitative estimate of drug-likeness (QED) is 0.666. The highest BCUT2D eigenvalue weighted by molar-refractivity contribution is 6.32. The van der Waals surface area contributed by atoms with Crippen LogP contribution in [0.3, 0.4) is 0 Å². The standard InChI is InChI=1S/C15H16Cl2N2O/c1-9-3-5-11(16)8-12(9)15(19-18)10-4-6-13(17)14(7-10)20-2/h3-8,15,19H,18H2,1-2H3. The maximum atomic E-state index is 6.07. The van der Waals surface area contributed by atoms with Crippen LogP contribution in [-0.4, -0.2) is 7.11 Å². The molecule has 0 spiro atoms. The molecule has 0 fully saturated rings. The average Bonchev–Trinajstić information content (AvgIpc) is 2.45. The zero-order chi connectivity index (χ0) is 14.7. The summed E-state index contributed by atoms with van der Waals surface area (Å²) in [6.07, 6.45) is 0. The zero-order valence-corrected chi connectivity index (χ0v) is 12.8. The number of rotatable bonds is 4. The Hall–Kier alpha value is -1.26. The molecule has 0 saturated heterocycles. The first-order chi connectivity index (χ1) is 9.56. The predicted molar refractivity (Wildman–Crippen MR) is 83.4 cm³/mol. The summed E-state index contributed by atoms with van der Waals surface area (Å²) in [5.74, 6) is 6.33. The van der Waals surface area contributed by atoms with Gasteiger partial charge in [0.25, 0.3) is 0 Å². The smallest absolute Gasteiger partial charge is 0.137 e. The number of hydrazine groups is 1. The highest BCUT2D eigenvalue weighted by atomic mass is 35.5. The number of nitrogens with one attached hydrogen (secondary N) is 1. The van der Waals surface area contributed by atoms with Crippen LogP contribution in [0.25, 0.3) is 0 Å². The molecule has 2 aromatic rings. The number of nitrogens with two attached hydrogens (primary N) is 1. The summed E-state index contributed by atoms with van der Waals surface area (Å²) in [7, 11) is 1.58. The molecule has 0 aliphatic heterocycles. The first kappa shape index (κ1) is 15.1. The Morgan fingerprint density at radius 3 is 2.55 bits per heavy atom. The Morgan fingerprint density at radius 2 is 1.90 bits per heavy atom. The van der Waals surface area contributed by atoms with Gasteiger partial charge in [0.2, 0.25) is 0 Å². The number of hydrogen-bond acceptors (Lipinski definition) is 3. The number of aryl methyl sites for hydroxylation is 1. The van der Waals surface area contributed by atoms with Crippen molar-refractivity contribution in [3.05, 3.63) is 63.1 Å². The second-order valence-electron chi connectivity index (χ2n) is 4.49. The van der Waals surface area contributed by atoms with Gasteiger partial charge >= 0.3 is 0 Å². The van der Waals surface area contributed by atoms with Gasteiger partial charge in [0.05, 0.1) is 18.2 Å². The van der Waals surface area contributed by atoms with Gasteiger partial charge in [-0.1, -0.05) is 35.3 Å². The van der Waals surface area contributed by atoms with Crippen LogP contribution < -0.4 is 16.0 Å². The molecule has 1 atom stereocenters. The number of methoxy groups -OCH3 is 1. The van der Waals surface area contributed by atoms with Crippen molar-refractivity contribution in [1.82, 2.24) is 5.43 Å². The number of halogens is 2. The second kappa shape index (κ2) is 6.46. The first-order valence-corrected chi connectivity index (χ1v) is 6.88. The molecule has 0 aromatic heterocycles. The lowest BCUT2D eigenvalue weighted by Gasteiger charge is -2.20. The summed E-state index contributed by atoms with van der Waals surface area (Å²) >= 11 is 12.1. The largest absolute Gasteiger partial charge is 0.495 e. The van der Waals surface area contributed by atoms with Crippen molar-refractivity contribution in [2.75, 3.05) is 7.11 Å². The predicted octanol–water partition coefficient (Wildman–Crippen LogP) is 3.86. The topological polar surface area (TPSA) is 47.3 Å². The van der Waals surface area contributed by atoms with Gasteiger partial charge in [-0.25, -0.2) is 5.43 Å². The molecule has 2 aromatic carbocycles. The van der Waals surface area contributed by atoms with Gasteiger partial charge in [-0.2, -0.15) is 0 Å². The summed E-state index contributed by atoms with van der Waals surface area (Å²) < 4.78 is 5.24. The van der Waals surface area contributed by atoms with E-state index in [1.165, 1.54) is 0 Å². The van der Waals surface area contributed by atoms with Crippen molar-refractivity contribution in [2.24, 2.45) is 5.84 Å². The Labute approximate surface area is 128 Å². The summed E-state index contributed by atoms with van der Waals surface area (Å²) in [6, 6.07) is 11.1. The number of benzene rings is 2. The van der Waals surface area contributed by atoms with Gasteiger partial charge in [-0.3, -0.25) is 5.84 Å². The molecule has 0 heterocycles. The molecule has 0 amide bonds. The van der Waals surface area contributed by atoms with Crippen LogP contribution in [0.2, 0.25) is 10.0 Å². The first-order valence-electron chi connectivity index (χ1n) is 6.12. The monoisotopic (exact) mass is 310 g/mol. The van der Waals surface area contributed by atoms with Crippen molar-refractivity contribution >= 4 is 23.2 Å². The third kappa shape index (κ3) is 3.07. The van der Waals surface area contributed by atoms with E-state index in [2.05, 4.69) is 5.43 Å². The molecule has 3 nitrogen and oxygen atoms in total. The summed E-state index contributed by atoms with van der Waals surface area (Å²) in [6.45, 7) is 2.02. The van der Waals surface area contributed by atoms with Gasteiger partial charge in [-0.15, -0.1) is 0 Å². The van der Waals surface area contributed by atoms with Gasteiger partial charge in [0.1, 0.15) is 5.75 Å².